The zero-order chi connectivity index (χ0) is 14.5. The number of alkyl halides is 3. The molecule has 0 amide bonds. The van der Waals surface area contributed by atoms with Crippen LogP contribution in [0.3, 0.4) is 0 Å². The van der Waals surface area contributed by atoms with Crippen molar-refractivity contribution in [2.75, 3.05) is 31.0 Å². The molecule has 0 fully saturated rings. The summed E-state index contributed by atoms with van der Waals surface area (Å²) in [6, 6.07) is 7.28. The van der Waals surface area contributed by atoms with Crippen LogP contribution in [-0.2, 0) is 0 Å². The van der Waals surface area contributed by atoms with Gasteiger partial charge in [0.05, 0.1) is 13.7 Å². The molecule has 2 aromatic rings. The summed E-state index contributed by atoms with van der Waals surface area (Å²) in [4.78, 5) is 5.73. The summed E-state index contributed by atoms with van der Waals surface area (Å²) >= 11 is 5.69. The van der Waals surface area contributed by atoms with E-state index >= 15 is 0 Å². The fourth-order valence-corrected chi connectivity index (χ4v) is 2.28. The lowest BCUT2D eigenvalue weighted by molar-refractivity contribution is 0.155. The van der Waals surface area contributed by atoms with Crippen LogP contribution >= 0.6 is 11.6 Å². The fraction of sp³-hybridized carbons (Fsp3) is 0.357. The third-order valence-corrected chi connectivity index (χ3v) is 3.13. The van der Waals surface area contributed by atoms with Crippen LogP contribution < -0.4 is 9.64 Å². The molecular weight excluding hydrogens is 286 g/mol. The average Bonchev–Trinajstić information content (AvgIpc) is 2.45. The van der Waals surface area contributed by atoms with Crippen LogP contribution in [0.5, 0.6) is 5.75 Å². The quantitative estimate of drug-likeness (QED) is 0.763. The molecule has 0 bridgehead atoms. The Bertz CT molecular complexity index is 580. The Kier molecular flexibility index (Phi) is 4.95. The summed E-state index contributed by atoms with van der Waals surface area (Å²) < 4.78 is 30.5. The number of aromatic nitrogens is 1. The van der Waals surface area contributed by atoms with Gasteiger partial charge in [-0.2, -0.15) is 0 Å². The number of ether oxygens (including phenoxy) is 1. The predicted octanol–water partition coefficient (Wildman–Crippen LogP) is 3.55. The van der Waals surface area contributed by atoms with E-state index in [0.717, 1.165) is 10.8 Å². The number of fused-ring (bicyclic) bond motifs is 1. The first-order valence-electron chi connectivity index (χ1n) is 6.17. The summed E-state index contributed by atoms with van der Waals surface area (Å²) in [5, 5.41) is 1.70. The zero-order valence-corrected chi connectivity index (χ0v) is 11.8. The van der Waals surface area contributed by atoms with Crippen molar-refractivity contribution in [2.24, 2.45) is 0 Å². The molecule has 3 nitrogen and oxygen atoms in total. The van der Waals surface area contributed by atoms with Gasteiger partial charge in [0.25, 0.3) is 6.43 Å². The van der Waals surface area contributed by atoms with E-state index in [1.54, 1.807) is 19.4 Å². The van der Waals surface area contributed by atoms with E-state index < -0.39 is 6.43 Å². The Balaban J connectivity index is 2.45. The van der Waals surface area contributed by atoms with E-state index in [1.165, 1.54) is 4.90 Å². The Labute approximate surface area is 121 Å². The minimum atomic E-state index is -2.44. The Morgan fingerprint density at radius 3 is 2.80 bits per heavy atom. The molecule has 0 aliphatic carbocycles. The number of nitrogens with zero attached hydrogens (tertiary/aromatic N) is 2. The van der Waals surface area contributed by atoms with E-state index in [9.17, 15) is 8.78 Å². The second kappa shape index (κ2) is 6.70. The summed E-state index contributed by atoms with van der Waals surface area (Å²) in [5.41, 5.74) is 0. The maximum absolute atomic E-state index is 12.7. The van der Waals surface area contributed by atoms with Gasteiger partial charge in [-0.15, -0.1) is 11.6 Å². The van der Waals surface area contributed by atoms with Gasteiger partial charge in [-0.1, -0.05) is 0 Å². The van der Waals surface area contributed by atoms with Gasteiger partial charge < -0.3 is 9.64 Å². The maximum Gasteiger partial charge on any atom is 0.255 e. The van der Waals surface area contributed by atoms with Crippen molar-refractivity contribution in [3.05, 3.63) is 30.5 Å². The SMILES string of the molecule is COc1ccc2c(N(CCCl)CC(F)F)nccc2c1. The number of hydrogen-bond acceptors (Lipinski definition) is 3. The topological polar surface area (TPSA) is 25.4 Å². The standard InChI is InChI=1S/C14H15ClF2N2O/c1-20-11-2-3-12-10(8-11)4-6-18-14(12)19(7-5-15)9-13(16)17/h2-4,6,8,13H,5,7,9H2,1H3. The smallest absolute Gasteiger partial charge is 0.255 e. The van der Waals surface area contributed by atoms with Gasteiger partial charge in [0.1, 0.15) is 11.6 Å². The molecule has 0 aliphatic rings. The second-order valence-corrected chi connectivity index (χ2v) is 4.63. The highest BCUT2D eigenvalue weighted by Crippen LogP contribution is 2.28. The third kappa shape index (κ3) is 3.28. The Hall–Kier alpha value is -1.62. The Morgan fingerprint density at radius 1 is 1.35 bits per heavy atom. The second-order valence-electron chi connectivity index (χ2n) is 4.25. The van der Waals surface area contributed by atoms with Gasteiger partial charge in [0.2, 0.25) is 0 Å². The number of halogens is 3. The first-order valence-corrected chi connectivity index (χ1v) is 6.71. The highest BCUT2D eigenvalue weighted by molar-refractivity contribution is 6.18. The summed E-state index contributed by atoms with van der Waals surface area (Å²) in [5.74, 6) is 1.50. The first-order chi connectivity index (χ1) is 9.65. The van der Waals surface area contributed by atoms with Crippen LogP contribution in [0.15, 0.2) is 30.5 Å². The normalized spacial score (nSPS) is 11.1. The fourth-order valence-electron chi connectivity index (χ4n) is 2.07. The molecular formula is C14H15ClF2N2O. The molecule has 0 spiro atoms. The van der Waals surface area contributed by atoms with Gasteiger partial charge in [0, 0.05) is 24.0 Å². The molecule has 0 radical (unpaired) electrons. The van der Waals surface area contributed by atoms with Crippen LogP contribution in [0.4, 0.5) is 14.6 Å². The monoisotopic (exact) mass is 300 g/mol. The van der Waals surface area contributed by atoms with Gasteiger partial charge in [0.15, 0.2) is 0 Å². The van der Waals surface area contributed by atoms with Crippen molar-refractivity contribution in [3.63, 3.8) is 0 Å². The molecule has 0 saturated carbocycles. The molecule has 6 heteroatoms. The van der Waals surface area contributed by atoms with E-state index in [2.05, 4.69) is 4.98 Å². The average molecular weight is 301 g/mol. The van der Waals surface area contributed by atoms with Gasteiger partial charge in [-0.05, 0) is 29.7 Å². The summed E-state index contributed by atoms with van der Waals surface area (Å²) in [6.07, 6.45) is -0.836. The first kappa shape index (κ1) is 14.8. The molecule has 0 N–H and O–H groups in total. The van der Waals surface area contributed by atoms with E-state index in [4.69, 9.17) is 16.3 Å². The number of rotatable bonds is 6. The van der Waals surface area contributed by atoms with Crippen LogP contribution in [-0.4, -0.2) is 37.5 Å². The lowest BCUT2D eigenvalue weighted by Gasteiger charge is -2.23. The molecule has 1 aromatic carbocycles. The molecule has 0 aliphatic heterocycles. The highest BCUT2D eigenvalue weighted by Gasteiger charge is 2.16. The minimum Gasteiger partial charge on any atom is -0.497 e. The van der Waals surface area contributed by atoms with Gasteiger partial charge in [-0.25, -0.2) is 13.8 Å². The zero-order valence-electron chi connectivity index (χ0n) is 11.0. The summed E-state index contributed by atoms with van der Waals surface area (Å²) in [6.45, 7) is -0.0606. The van der Waals surface area contributed by atoms with Crippen LogP contribution in [0.1, 0.15) is 0 Å². The molecule has 20 heavy (non-hydrogen) atoms. The van der Waals surface area contributed by atoms with Crippen molar-refractivity contribution in [1.82, 2.24) is 4.98 Å². The number of hydrogen-bond donors (Lipinski definition) is 0. The number of pyridine rings is 1. The van der Waals surface area contributed by atoms with Crippen LogP contribution in [0, 0.1) is 0 Å². The largest absolute Gasteiger partial charge is 0.497 e. The maximum atomic E-state index is 12.7. The van der Waals surface area contributed by atoms with Crippen molar-refractivity contribution in [2.45, 2.75) is 6.43 Å². The molecule has 0 unspecified atom stereocenters. The van der Waals surface area contributed by atoms with Crippen molar-refractivity contribution >= 4 is 28.2 Å². The van der Waals surface area contributed by atoms with E-state index in [1.807, 2.05) is 18.2 Å². The molecule has 0 atom stereocenters. The molecule has 108 valence electrons. The van der Waals surface area contributed by atoms with Crippen molar-refractivity contribution in [3.8, 4) is 5.75 Å². The minimum absolute atomic E-state index is 0.265. The number of methoxy groups -OCH3 is 1. The third-order valence-electron chi connectivity index (χ3n) is 2.96. The predicted molar refractivity (Wildman–Crippen MR) is 77.2 cm³/mol. The van der Waals surface area contributed by atoms with Crippen molar-refractivity contribution in [1.29, 1.82) is 0 Å². The molecule has 1 aromatic heterocycles. The highest BCUT2D eigenvalue weighted by atomic mass is 35.5. The number of anilines is 1. The molecule has 1 heterocycles. The molecule has 2 rings (SSSR count). The molecule has 0 saturated heterocycles. The van der Waals surface area contributed by atoms with Crippen LogP contribution in [0.25, 0.3) is 10.8 Å². The van der Waals surface area contributed by atoms with Crippen LogP contribution in [0.2, 0.25) is 0 Å². The van der Waals surface area contributed by atoms with Crippen molar-refractivity contribution < 1.29 is 13.5 Å². The van der Waals surface area contributed by atoms with E-state index in [-0.39, 0.29) is 12.4 Å². The number of benzene rings is 1. The van der Waals surface area contributed by atoms with E-state index in [0.29, 0.717) is 18.1 Å². The van der Waals surface area contributed by atoms with Gasteiger partial charge in [-0.3, -0.25) is 0 Å². The lowest BCUT2D eigenvalue weighted by atomic mass is 10.1. The van der Waals surface area contributed by atoms with Gasteiger partial charge >= 0.3 is 0 Å². The summed E-state index contributed by atoms with van der Waals surface area (Å²) in [7, 11) is 1.58. The Morgan fingerprint density at radius 2 is 2.15 bits per heavy atom. The lowest BCUT2D eigenvalue weighted by Crippen LogP contribution is -2.31.